The fourth-order valence-electron chi connectivity index (χ4n) is 2.48. The molecule has 1 aliphatic carbocycles. The third kappa shape index (κ3) is 2.14. The molecule has 1 fully saturated rings. The molecule has 0 N–H and O–H groups in total. The molecule has 1 aromatic rings. The zero-order chi connectivity index (χ0) is 13.8. The molecule has 0 unspecified atom stereocenters. The van der Waals surface area contributed by atoms with Gasteiger partial charge >= 0.3 is 7.12 Å². The number of benzene rings is 1. The van der Waals surface area contributed by atoms with Gasteiger partial charge < -0.3 is 9.31 Å². The zero-order valence-corrected chi connectivity index (χ0v) is 12.5. The highest BCUT2D eigenvalue weighted by molar-refractivity contribution is 6.56. The Balaban J connectivity index is 1.86. The van der Waals surface area contributed by atoms with Crippen molar-refractivity contribution in [2.24, 2.45) is 0 Å². The first-order chi connectivity index (χ1) is 8.78. The number of rotatable bonds is 1. The predicted octanol–water partition coefficient (Wildman–Crippen LogP) is 3.91. The number of allylic oxidation sites excluding steroid dienone is 1. The van der Waals surface area contributed by atoms with Crippen LogP contribution in [0.5, 0.6) is 0 Å². The maximum absolute atomic E-state index is 6.09. The van der Waals surface area contributed by atoms with Crippen molar-refractivity contribution < 1.29 is 9.31 Å². The van der Waals surface area contributed by atoms with Gasteiger partial charge in [0.1, 0.15) is 0 Å². The van der Waals surface area contributed by atoms with E-state index >= 15 is 0 Å². The molecule has 0 bridgehead atoms. The van der Waals surface area contributed by atoms with Crippen LogP contribution in [0.25, 0.3) is 6.08 Å². The molecule has 0 radical (unpaired) electrons. The van der Waals surface area contributed by atoms with Crippen molar-refractivity contribution in [2.45, 2.75) is 45.3 Å². The fourth-order valence-corrected chi connectivity index (χ4v) is 2.66. The molecule has 100 valence electrons. The van der Waals surface area contributed by atoms with Gasteiger partial charge in [-0.15, -0.1) is 0 Å². The number of halogens is 1. The van der Waals surface area contributed by atoms with Crippen LogP contribution in [-0.2, 0) is 15.7 Å². The second-order valence-corrected chi connectivity index (χ2v) is 6.76. The molecule has 0 atom stereocenters. The summed E-state index contributed by atoms with van der Waals surface area (Å²) in [5.41, 5.74) is 3.07. The minimum absolute atomic E-state index is 0.254. The lowest BCUT2D eigenvalue weighted by atomic mass is 9.77. The van der Waals surface area contributed by atoms with Gasteiger partial charge in [-0.05, 0) is 62.8 Å². The van der Waals surface area contributed by atoms with E-state index in [-0.39, 0.29) is 18.3 Å². The van der Waals surface area contributed by atoms with Crippen molar-refractivity contribution in [1.29, 1.82) is 0 Å². The third-order valence-corrected chi connectivity index (χ3v) is 4.63. The largest absolute Gasteiger partial charge is 0.490 e. The molecule has 0 amide bonds. The van der Waals surface area contributed by atoms with Crippen molar-refractivity contribution in [3.05, 3.63) is 39.8 Å². The topological polar surface area (TPSA) is 18.5 Å². The highest BCUT2D eigenvalue weighted by Gasteiger charge is 2.52. The van der Waals surface area contributed by atoms with Gasteiger partial charge in [0, 0.05) is 5.02 Å². The third-order valence-electron chi connectivity index (χ3n) is 4.40. The van der Waals surface area contributed by atoms with E-state index < -0.39 is 0 Å². The lowest BCUT2D eigenvalue weighted by Gasteiger charge is -2.32. The minimum Gasteiger partial charge on any atom is -0.400 e. The van der Waals surface area contributed by atoms with Crippen LogP contribution in [0.3, 0.4) is 0 Å². The summed E-state index contributed by atoms with van der Waals surface area (Å²) in [6.45, 7) is 8.30. The number of fused-ring (bicyclic) bond motifs is 1. The van der Waals surface area contributed by atoms with Crippen LogP contribution in [-0.4, -0.2) is 18.3 Å². The molecular weight excluding hydrogens is 258 g/mol. The average Bonchev–Trinajstić information content (AvgIpc) is 2.78. The van der Waals surface area contributed by atoms with E-state index in [9.17, 15) is 0 Å². The Kier molecular flexibility index (Phi) is 2.86. The quantitative estimate of drug-likeness (QED) is 0.724. The smallest absolute Gasteiger partial charge is 0.400 e. The van der Waals surface area contributed by atoms with Gasteiger partial charge in [-0.1, -0.05) is 23.7 Å². The summed E-state index contributed by atoms with van der Waals surface area (Å²) in [5, 5.41) is 0.769. The van der Waals surface area contributed by atoms with E-state index in [0.29, 0.717) is 0 Å². The summed E-state index contributed by atoms with van der Waals surface area (Å²) in [7, 11) is -0.254. The molecule has 1 aromatic carbocycles. The molecule has 1 aliphatic heterocycles. The SMILES string of the molecule is CC1(C)OB(C2=Cc3cc(Cl)ccc3C2)OC1(C)C. The molecule has 1 saturated heterocycles. The number of hydrogen-bond acceptors (Lipinski definition) is 2. The molecule has 2 nitrogen and oxygen atoms in total. The van der Waals surface area contributed by atoms with Gasteiger partial charge in [-0.25, -0.2) is 0 Å². The van der Waals surface area contributed by atoms with E-state index in [1.54, 1.807) is 0 Å². The summed E-state index contributed by atoms with van der Waals surface area (Å²) < 4.78 is 12.2. The highest BCUT2D eigenvalue weighted by atomic mass is 35.5. The molecule has 2 aliphatic rings. The van der Waals surface area contributed by atoms with Crippen molar-refractivity contribution in [2.75, 3.05) is 0 Å². The van der Waals surface area contributed by atoms with Gasteiger partial charge in [-0.3, -0.25) is 0 Å². The molecule has 0 spiro atoms. The summed E-state index contributed by atoms with van der Waals surface area (Å²) >= 11 is 6.03. The van der Waals surface area contributed by atoms with E-state index in [1.807, 2.05) is 12.1 Å². The van der Waals surface area contributed by atoms with Crippen LogP contribution >= 0.6 is 11.6 Å². The Morgan fingerprint density at radius 1 is 1.11 bits per heavy atom. The summed E-state index contributed by atoms with van der Waals surface area (Å²) in [5.74, 6) is 0. The van der Waals surface area contributed by atoms with Crippen molar-refractivity contribution in [3.63, 3.8) is 0 Å². The first kappa shape index (κ1) is 13.2. The van der Waals surface area contributed by atoms with Gasteiger partial charge in [0.25, 0.3) is 0 Å². The van der Waals surface area contributed by atoms with E-state index in [0.717, 1.165) is 11.4 Å². The molecular formula is C15H18BClO2. The van der Waals surface area contributed by atoms with Gasteiger partial charge in [0.2, 0.25) is 0 Å². The van der Waals surface area contributed by atoms with Crippen molar-refractivity contribution in [3.8, 4) is 0 Å². The maximum atomic E-state index is 6.09. The summed E-state index contributed by atoms with van der Waals surface area (Å²) in [6, 6.07) is 6.00. The molecule has 4 heteroatoms. The van der Waals surface area contributed by atoms with Crippen molar-refractivity contribution >= 4 is 24.8 Å². The van der Waals surface area contributed by atoms with Gasteiger partial charge in [0.05, 0.1) is 11.2 Å². The van der Waals surface area contributed by atoms with Gasteiger partial charge in [-0.2, -0.15) is 0 Å². The normalized spacial score (nSPS) is 23.4. The Labute approximate surface area is 119 Å². The summed E-state index contributed by atoms with van der Waals surface area (Å²) in [6.07, 6.45) is 3.02. The standard InChI is InChI=1S/C15H18BClO2/c1-14(2)15(3,4)19-16(18-14)12-7-10-5-6-13(17)9-11(10)8-12/h5-6,8-9H,7H2,1-4H3. The van der Waals surface area contributed by atoms with Crippen LogP contribution < -0.4 is 0 Å². The lowest BCUT2D eigenvalue weighted by molar-refractivity contribution is 0.00578. The van der Waals surface area contributed by atoms with Crippen LogP contribution in [0.1, 0.15) is 38.8 Å². The maximum Gasteiger partial charge on any atom is 0.490 e. The molecule has 1 heterocycles. The van der Waals surface area contributed by atoms with Crippen LogP contribution in [0.4, 0.5) is 0 Å². The minimum atomic E-state index is -0.287. The average molecular weight is 277 g/mol. The van der Waals surface area contributed by atoms with E-state index in [1.165, 1.54) is 16.6 Å². The van der Waals surface area contributed by atoms with Crippen LogP contribution in [0.2, 0.25) is 5.02 Å². The molecule has 3 rings (SSSR count). The molecule has 19 heavy (non-hydrogen) atoms. The Bertz CT molecular complexity index is 547. The van der Waals surface area contributed by atoms with Gasteiger partial charge in [0.15, 0.2) is 0 Å². The van der Waals surface area contributed by atoms with Crippen LogP contribution in [0.15, 0.2) is 23.7 Å². The Morgan fingerprint density at radius 2 is 1.74 bits per heavy atom. The fraction of sp³-hybridized carbons (Fsp3) is 0.467. The zero-order valence-electron chi connectivity index (χ0n) is 11.8. The first-order valence-corrected chi connectivity index (χ1v) is 7.01. The van der Waals surface area contributed by atoms with E-state index in [2.05, 4.69) is 39.8 Å². The summed E-state index contributed by atoms with van der Waals surface area (Å²) in [4.78, 5) is 0. The second-order valence-electron chi connectivity index (χ2n) is 6.33. The second kappa shape index (κ2) is 4.11. The van der Waals surface area contributed by atoms with Crippen molar-refractivity contribution in [1.82, 2.24) is 0 Å². The van der Waals surface area contributed by atoms with E-state index in [4.69, 9.17) is 20.9 Å². The first-order valence-electron chi connectivity index (χ1n) is 6.63. The number of hydrogen-bond donors (Lipinski definition) is 0. The predicted molar refractivity (Wildman–Crippen MR) is 79.2 cm³/mol. The highest BCUT2D eigenvalue weighted by Crippen LogP contribution is 2.41. The lowest BCUT2D eigenvalue weighted by Crippen LogP contribution is -2.41. The molecule has 0 saturated carbocycles. The monoisotopic (exact) mass is 276 g/mol. The Hall–Kier alpha value is -0.765. The Morgan fingerprint density at radius 3 is 2.37 bits per heavy atom. The molecule has 0 aromatic heterocycles. The van der Waals surface area contributed by atoms with Crippen LogP contribution in [0, 0.1) is 0 Å².